The number of fused-ring (bicyclic) bond motifs is 2. The topological polar surface area (TPSA) is 53.6 Å². The quantitative estimate of drug-likeness (QED) is 0.769. The van der Waals surface area contributed by atoms with Crippen molar-refractivity contribution < 1.29 is 0 Å². The first kappa shape index (κ1) is 13.3. The maximum atomic E-state index is 4.50. The van der Waals surface area contributed by atoms with Crippen molar-refractivity contribution in [3.63, 3.8) is 0 Å². The average Bonchev–Trinajstić information content (AvgIpc) is 3.11. The van der Waals surface area contributed by atoms with Gasteiger partial charge in [-0.15, -0.1) is 0 Å². The Bertz CT molecular complexity index is 834. The van der Waals surface area contributed by atoms with Crippen molar-refractivity contribution in [2.45, 2.75) is 39.2 Å². The number of hydrogen-bond donors (Lipinski definition) is 2. The Hall–Kier alpha value is -2.36. The van der Waals surface area contributed by atoms with Gasteiger partial charge in [0, 0.05) is 6.20 Å². The number of anilines is 1. The summed E-state index contributed by atoms with van der Waals surface area (Å²) in [5, 5.41) is 4.78. The average molecular weight is 292 g/mol. The van der Waals surface area contributed by atoms with Crippen molar-refractivity contribution >= 4 is 16.9 Å². The van der Waals surface area contributed by atoms with Gasteiger partial charge in [-0.05, 0) is 42.9 Å². The molecule has 112 valence electrons. The van der Waals surface area contributed by atoms with Crippen molar-refractivity contribution in [2.75, 3.05) is 5.32 Å². The summed E-state index contributed by atoms with van der Waals surface area (Å²) < 4.78 is 0. The number of nitrogens with one attached hydrogen (secondary N) is 2. The number of hydrogen-bond acceptors (Lipinski definition) is 3. The van der Waals surface area contributed by atoms with E-state index in [2.05, 4.69) is 52.3 Å². The number of rotatable bonds is 3. The fourth-order valence-corrected chi connectivity index (χ4v) is 3.48. The van der Waals surface area contributed by atoms with Gasteiger partial charge in [0.25, 0.3) is 0 Å². The molecule has 3 aromatic rings. The van der Waals surface area contributed by atoms with E-state index in [1.54, 1.807) is 6.33 Å². The fraction of sp³-hybridized carbons (Fsp3) is 0.333. The molecule has 0 radical (unpaired) electrons. The molecule has 1 atom stereocenters. The predicted molar refractivity (Wildman–Crippen MR) is 89.1 cm³/mol. The molecule has 0 bridgehead atoms. The molecule has 4 nitrogen and oxygen atoms in total. The summed E-state index contributed by atoms with van der Waals surface area (Å²) in [7, 11) is 0. The van der Waals surface area contributed by atoms with Crippen LogP contribution >= 0.6 is 0 Å². The van der Waals surface area contributed by atoms with Crippen LogP contribution < -0.4 is 5.32 Å². The van der Waals surface area contributed by atoms with Crippen molar-refractivity contribution in [2.24, 2.45) is 0 Å². The summed E-state index contributed by atoms with van der Waals surface area (Å²) in [5.74, 6) is 0.946. The molecule has 0 saturated heterocycles. The Morgan fingerprint density at radius 1 is 1.32 bits per heavy atom. The lowest BCUT2D eigenvalue weighted by Gasteiger charge is -2.16. The minimum atomic E-state index is 0.341. The van der Waals surface area contributed by atoms with Gasteiger partial charge < -0.3 is 10.3 Å². The minimum absolute atomic E-state index is 0.341. The first-order chi connectivity index (χ1) is 10.8. The van der Waals surface area contributed by atoms with Gasteiger partial charge in [0.05, 0.1) is 11.4 Å². The van der Waals surface area contributed by atoms with E-state index in [0.717, 1.165) is 36.1 Å². The van der Waals surface area contributed by atoms with Gasteiger partial charge in [0.1, 0.15) is 17.8 Å². The van der Waals surface area contributed by atoms with Crippen molar-refractivity contribution in [1.82, 2.24) is 15.0 Å². The number of aromatic amines is 1. The molecular formula is C18H20N4. The molecule has 0 aliphatic heterocycles. The third-order valence-electron chi connectivity index (χ3n) is 4.62. The molecule has 0 amide bonds. The monoisotopic (exact) mass is 292 g/mol. The molecule has 2 heterocycles. The highest BCUT2D eigenvalue weighted by atomic mass is 15.1. The fourth-order valence-electron chi connectivity index (χ4n) is 3.48. The van der Waals surface area contributed by atoms with Crippen LogP contribution in [0.1, 0.15) is 41.6 Å². The minimum Gasteiger partial charge on any atom is -0.363 e. The second-order valence-corrected chi connectivity index (χ2v) is 6.05. The zero-order chi connectivity index (χ0) is 15.1. The van der Waals surface area contributed by atoms with E-state index in [1.165, 1.54) is 22.3 Å². The molecule has 1 unspecified atom stereocenters. The zero-order valence-corrected chi connectivity index (χ0v) is 13.0. The van der Waals surface area contributed by atoms with Gasteiger partial charge in [0.2, 0.25) is 0 Å². The van der Waals surface area contributed by atoms with Crippen molar-refractivity contribution in [1.29, 1.82) is 0 Å². The molecule has 0 saturated carbocycles. The van der Waals surface area contributed by atoms with Crippen LogP contribution in [0, 0.1) is 6.92 Å². The van der Waals surface area contributed by atoms with Crippen LogP contribution in [0.5, 0.6) is 0 Å². The van der Waals surface area contributed by atoms with Crippen molar-refractivity contribution in [3.05, 3.63) is 53.0 Å². The Labute approximate surface area is 130 Å². The van der Waals surface area contributed by atoms with E-state index >= 15 is 0 Å². The molecule has 1 aromatic carbocycles. The van der Waals surface area contributed by atoms with E-state index in [0.29, 0.717) is 6.04 Å². The maximum absolute atomic E-state index is 4.50. The van der Waals surface area contributed by atoms with Crippen LogP contribution in [0.25, 0.3) is 11.0 Å². The molecule has 1 aliphatic rings. The first-order valence-corrected chi connectivity index (χ1v) is 7.93. The van der Waals surface area contributed by atoms with Gasteiger partial charge in [0.15, 0.2) is 0 Å². The van der Waals surface area contributed by atoms with Crippen LogP contribution in [0.4, 0.5) is 5.82 Å². The van der Waals surface area contributed by atoms with E-state index in [4.69, 9.17) is 0 Å². The van der Waals surface area contributed by atoms with Crippen LogP contribution in [0.15, 0.2) is 30.7 Å². The van der Waals surface area contributed by atoms with Crippen LogP contribution in [0.3, 0.4) is 0 Å². The maximum Gasteiger partial charge on any atom is 0.143 e. The number of aryl methyl sites for hydroxylation is 3. The second kappa shape index (κ2) is 5.13. The van der Waals surface area contributed by atoms with Gasteiger partial charge in [-0.25, -0.2) is 9.97 Å². The molecule has 2 aromatic heterocycles. The normalized spacial score (nSPS) is 16.9. The van der Waals surface area contributed by atoms with E-state index in [-0.39, 0.29) is 0 Å². The lowest BCUT2D eigenvalue weighted by molar-refractivity contribution is 0.758. The molecule has 22 heavy (non-hydrogen) atoms. The lowest BCUT2D eigenvalue weighted by atomic mass is 10.1. The molecule has 4 heteroatoms. The Morgan fingerprint density at radius 3 is 3.09 bits per heavy atom. The van der Waals surface area contributed by atoms with Gasteiger partial charge in [-0.3, -0.25) is 0 Å². The third kappa shape index (κ3) is 2.06. The highest BCUT2D eigenvalue weighted by Crippen LogP contribution is 2.35. The SMILES string of the molecule is CCc1c[nH]c2ncnc(NC3CCc4cc(C)ccc43)c12. The number of benzene rings is 1. The van der Waals surface area contributed by atoms with Crippen LogP contribution in [-0.2, 0) is 12.8 Å². The molecule has 0 spiro atoms. The Morgan fingerprint density at radius 2 is 2.23 bits per heavy atom. The first-order valence-electron chi connectivity index (χ1n) is 7.93. The van der Waals surface area contributed by atoms with Crippen molar-refractivity contribution in [3.8, 4) is 0 Å². The second-order valence-electron chi connectivity index (χ2n) is 6.05. The van der Waals surface area contributed by atoms with Gasteiger partial charge >= 0.3 is 0 Å². The molecular weight excluding hydrogens is 272 g/mol. The summed E-state index contributed by atoms with van der Waals surface area (Å²) >= 11 is 0. The summed E-state index contributed by atoms with van der Waals surface area (Å²) in [6, 6.07) is 7.10. The third-order valence-corrected chi connectivity index (χ3v) is 4.62. The van der Waals surface area contributed by atoms with E-state index in [1.807, 2.05) is 6.20 Å². The number of aromatic nitrogens is 3. The highest BCUT2D eigenvalue weighted by Gasteiger charge is 2.23. The van der Waals surface area contributed by atoms with Crippen LogP contribution in [-0.4, -0.2) is 15.0 Å². The summed E-state index contributed by atoms with van der Waals surface area (Å²) in [5.41, 5.74) is 6.39. The molecule has 1 aliphatic carbocycles. The lowest BCUT2D eigenvalue weighted by Crippen LogP contribution is -2.09. The van der Waals surface area contributed by atoms with E-state index < -0.39 is 0 Å². The van der Waals surface area contributed by atoms with Crippen LogP contribution in [0.2, 0.25) is 0 Å². The highest BCUT2D eigenvalue weighted by molar-refractivity contribution is 5.90. The molecule has 0 fully saturated rings. The molecule has 4 rings (SSSR count). The summed E-state index contributed by atoms with van der Waals surface area (Å²) in [4.78, 5) is 12.1. The largest absolute Gasteiger partial charge is 0.363 e. The van der Waals surface area contributed by atoms with Gasteiger partial charge in [-0.2, -0.15) is 0 Å². The predicted octanol–water partition coefficient (Wildman–Crippen LogP) is 3.93. The number of nitrogens with zero attached hydrogens (tertiary/aromatic N) is 2. The van der Waals surface area contributed by atoms with Gasteiger partial charge in [-0.1, -0.05) is 30.7 Å². The standard InChI is InChI=1S/C18H20N4/c1-3-12-9-19-17-16(12)18(21-10-20-17)22-15-7-5-13-8-11(2)4-6-14(13)15/h4,6,8-10,15H,3,5,7H2,1-2H3,(H2,19,20,21,22). The Kier molecular flexibility index (Phi) is 3.10. The molecule has 2 N–H and O–H groups in total. The summed E-state index contributed by atoms with van der Waals surface area (Å²) in [6.07, 6.45) is 6.90. The van der Waals surface area contributed by atoms with E-state index in [9.17, 15) is 0 Å². The number of H-pyrrole nitrogens is 1. The smallest absolute Gasteiger partial charge is 0.143 e. The zero-order valence-electron chi connectivity index (χ0n) is 13.0. The summed E-state index contributed by atoms with van der Waals surface area (Å²) in [6.45, 7) is 4.31. The Balaban J connectivity index is 1.72.